The molecule has 1 unspecified atom stereocenters. The highest BCUT2D eigenvalue weighted by atomic mass is 35.5. The van der Waals surface area contributed by atoms with E-state index < -0.39 is 10.0 Å². The maximum atomic E-state index is 12.4. The highest BCUT2D eigenvalue weighted by Gasteiger charge is 2.35. The number of hydrogen-bond donors (Lipinski definition) is 2. The van der Waals surface area contributed by atoms with E-state index in [4.69, 9.17) is 5.73 Å². The van der Waals surface area contributed by atoms with Gasteiger partial charge in [0, 0.05) is 24.3 Å². The van der Waals surface area contributed by atoms with Crippen molar-refractivity contribution in [2.45, 2.75) is 13.3 Å². The van der Waals surface area contributed by atoms with E-state index in [2.05, 4.69) is 11.6 Å². The molecule has 1 aromatic carbocycles. The number of benzene rings is 1. The quantitative estimate of drug-likeness (QED) is 0.858. The van der Waals surface area contributed by atoms with Gasteiger partial charge in [-0.05, 0) is 42.6 Å². The van der Waals surface area contributed by atoms with Crippen LogP contribution < -0.4 is 10.5 Å². The summed E-state index contributed by atoms with van der Waals surface area (Å²) in [6.07, 6.45) is 1.99. The fourth-order valence-corrected chi connectivity index (χ4v) is 3.01. The zero-order valence-electron chi connectivity index (χ0n) is 12.7. The molecule has 1 heterocycles. The second kappa shape index (κ2) is 6.85. The molecule has 22 heavy (non-hydrogen) atoms. The average Bonchev–Trinajstić information content (AvgIpc) is 2.80. The number of nitrogens with zero attached hydrogens (tertiary/aromatic N) is 1. The molecule has 6 nitrogen and oxygen atoms in total. The Morgan fingerprint density at radius 3 is 2.41 bits per heavy atom. The Balaban J connectivity index is 0.00000242. The van der Waals surface area contributed by atoms with Gasteiger partial charge >= 0.3 is 0 Å². The molecule has 1 aliphatic heterocycles. The zero-order valence-corrected chi connectivity index (χ0v) is 14.3. The van der Waals surface area contributed by atoms with Gasteiger partial charge < -0.3 is 10.6 Å². The molecule has 1 fully saturated rings. The zero-order chi connectivity index (χ0) is 15.7. The van der Waals surface area contributed by atoms with Crippen LogP contribution in [0.2, 0.25) is 0 Å². The number of carbonyl (C=O) groups is 1. The van der Waals surface area contributed by atoms with Crippen molar-refractivity contribution in [1.82, 2.24) is 4.90 Å². The van der Waals surface area contributed by atoms with Crippen LogP contribution in [0, 0.1) is 5.41 Å². The molecule has 0 saturated carbocycles. The monoisotopic (exact) mass is 347 g/mol. The van der Waals surface area contributed by atoms with Crippen LogP contribution >= 0.6 is 12.4 Å². The topological polar surface area (TPSA) is 92.5 Å². The van der Waals surface area contributed by atoms with Gasteiger partial charge in [-0.25, -0.2) is 8.42 Å². The predicted molar refractivity (Wildman–Crippen MR) is 89.8 cm³/mol. The summed E-state index contributed by atoms with van der Waals surface area (Å²) in [5, 5.41) is 0. The lowest BCUT2D eigenvalue weighted by Crippen LogP contribution is -2.34. The van der Waals surface area contributed by atoms with Crippen LogP contribution in [0.5, 0.6) is 0 Å². The number of amides is 1. The van der Waals surface area contributed by atoms with E-state index in [1.807, 2.05) is 0 Å². The first kappa shape index (κ1) is 18.7. The van der Waals surface area contributed by atoms with Gasteiger partial charge in [0.05, 0.1) is 6.26 Å². The van der Waals surface area contributed by atoms with Crippen molar-refractivity contribution < 1.29 is 13.2 Å². The Morgan fingerprint density at radius 2 is 1.95 bits per heavy atom. The van der Waals surface area contributed by atoms with Crippen molar-refractivity contribution >= 4 is 34.0 Å². The molecule has 0 spiro atoms. The highest BCUT2D eigenvalue weighted by Crippen LogP contribution is 2.29. The van der Waals surface area contributed by atoms with Crippen molar-refractivity contribution in [1.29, 1.82) is 0 Å². The molecule has 1 aromatic rings. The second-order valence-corrected chi connectivity index (χ2v) is 7.69. The molecule has 124 valence electrons. The number of sulfonamides is 1. The summed E-state index contributed by atoms with van der Waals surface area (Å²) in [5.41, 5.74) is 6.74. The third-order valence-electron chi connectivity index (χ3n) is 3.77. The van der Waals surface area contributed by atoms with Gasteiger partial charge in [0.25, 0.3) is 5.91 Å². The number of nitrogens with one attached hydrogen (secondary N) is 1. The molecule has 0 radical (unpaired) electrons. The summed E-state index contributed by atoms with van der Waals surface area (Å²) in [6, 6.07) is 6.45. The minimum absolute atomic E-state index is 0. The van der Waals surface area contributed by atoms with E-state index in [0.717, 1.165) is 12.7 Å². The van der Waals surface area contributed by atoms with Gasteiger partial charge in [-0.15, -0.1) is 12.4 Å². The van der Waals surface area contributed by atoms with Crippen LogP contribution in [0.1, 0.15) is 23.7 Å². The highest BCUT2D eigenvalue weighted by molar-refractivity contribution is 7.92. The van der Waals surface area contributed by atoms with E-state index in [0.29, 0.717) is 30.9 Å². The van der Waals surface area contributed by atoms with E-state index in [1.54, 1.807) is 29.2 Å². The molecule has 0 aromatic heterocycles. The molecule has 0 bridgehead atoms. The first-order valence-corrected chi connectivity index (χ1v) is 8.69. The summed E-state index contributed by atoms with van der Waals surface area (Å²) in [5.74, 6) is -0.0434. The summed E-state index contributed by atoms with van der Waals surface area (Å²) in [4.78, 5) is 14.2. The maximum Gasteiger partial charge on any atom is 0.253 e. The molecule has 1 aliphatic rings. The first-order chi connectivity index (χ1) is 9.72. The van der Waals surface area contributed by atoms with E-state index in [1.165, 1.54) is 0 Å². The van der Waals surface area contributed by atoms with Gasteiger partial charge in [-0.2, -0.15) is 0 Å². The average molecular weight is 348 g/mol. The Hall–Kier alpha value is -1.31. The number of carbonyl (C=O) groups excluding carboxylic acids is 1. The minimum Gasteiger partial charge on any atom is -0.338 e. The van der Waals surface area contributed by atoms with Crippen molar-refractivity contribution in [3.8, 4) is 0 Å². The minimum atomic E-state index is -3.30. The Bertz CT molecular complexity index is 633. The molecule has 1 saturated heterocycles. The van der Waals surface area contributed by atoms with Crippen LogP contribution in [-0.2, 0) is 10.0 Å². The number of nitrogens with two attached hydrogens (primary N) is 1. The number of hydrogen-bond acceptors (Lipinski definition) is 4. The Kier molecular flexibility index (Phi) is 5.83. The van der Waals surface area contributed by atoms with Crippen molar-refractivity contribution in [2.24, 2.45) is 11.1 Å². The smallest absolute Gasteiger partial charge is 0.253 e. The van der Waals surface area contributed by atoms with Crippen LogP contribution in [0.4, 0.5) is 5.69 Å². The van der Waals surface area contributed by atoms with Gasteiger partial charge in [0.1, 0.15) is 0 Å². The third kappa shape index (κ3) is 4.59. The summed E-state index contributed by atoms with van der Waals surface area (Å²) in [6.45, 7) is 4.01. The van der Waals surface area contributed by atoms with Crippen molar-refractivity contribution in [3.63, 3.8) is 0 Å². The maximum absolute atomic E-state index is 12.4. The fraction of sp³-hybridized carbons (Fsp3) is 0.500. The Labute approximate surface area is 137 Å². The van der Waals surface area contributed by atoms with Gasteiger partial charge in [-0.1, -0.05) is 6.92 Å². The number of rotatable bonds is 4. The molecule has 3 N–H and O–H groups in total. The molecule has 1 atom stereocenters. The van der Waals surface area contributed by atoms with Crippen LogP contribution in [0.15, 0.2) is 24.3 Å². The Morgan fingerprint density at radius 1 is 1.36 bits per heavy atom. The molecule has 2 rings (SSSR count). The molecule has 8 heteroatoms. The van der Waals surface area contributed by atoms with E-state index >= 15 is 0 Å². The summed E-state index contributed by atoms with van der Waals surface area (Å²) < 4.78 is 24.6. The lowest BCUT2D eigenvalue weighted by Gasteiger charge is -2.22. The lowest BCUT2D eigenvalue weighted by atomic mass is 9.90. The van der Waals surface area contributed by atoms with Gasteiger partial charge in [0.15, 0.2) is 0 Å². The third-order valence-corrected chi connectivity index (χ3v) is 4.38. The van der Waals surface area contributed by atoms with Crippen LogP contribution in [0.3, 0.4) is 0 Å². The van der Waals surface area contributed by atoms with Crippen LogP contribution in [-0.4, -0.2) is 45.1 Å². The van der Waals surface area contributed by atoms with Gasteiger partial charge in [-0.3, -0.25) is 9.52 Å². The number of halogens is 1. The number of likely N-dealkylation sites (tertiary alicyclic amines) is 1. The lowest BCUT2D eigenvalue weighted by molar-refractivity contribution is 0.0777. The van der Waals surface area contributed by atoms with Crippen molar-refractivity contribution in [2.75, 3.05) is 30.6 Å². The van der Waals surface area contributed by atoms with Gasteiger partial charge in [0.2, 0.25) is 10.0 Å². The number of anilines is 1. The molecule has 1 amide bonds. The van der Waals surface area contributed by atoms with E-state index in [9.17, 15) is 13.2 Å². The predicted octanol–water partition coefficient (Wildman–Crippen LogP) is 1.29. The first-order valence-electron chi connectivity index (χ1n) is 6.80. The molecular formula is C14H22ClN3O3S. The largest absolute Gasteiger partial charge is 0.338 e. The summed E-state index contributed by atoms with van der Waals surface area (Å²) in [7, 11) is -3.30. The standard InChI is InChI=1S/C14H21N3O3S.ClH/c1-14(9-15)7-8-17(10-14)13(18)11-3-5-12(6-4-11)16-21(2,19)20;/h3-6,16H,7-10,15H2,1-2H3;1H. The normalized spacial score (nSPS) is 21.3. The second-order valence-electron chi connectivity index (χ2n) is 5.94. The fourth-order valence-electron chi connectivity index (χ4n) is 2.44. The van der Waals surface area contributed by atoms with Crippen LogP contribution in [0.25, 0.3) is 0 Å². The summed E-state index contributed by atoms with van der Waals surface area (Å²) >= 11 is 0. The van der Waals surface area contributed by atoms with E-state index in [-0.39, 0.29) is 23.7 Å². The molecular weight excluding hydrogens is 326 g/mol. The SMILES string of the molecule is CC1(CN)CCN(C(=O)c2ccc(NS(C)(=O)=O)cc2)C1.Cl. The van der Waals surface area contributed by atoms with Crippen molar-refractivity contribution in [3.05, 3.63) is 29.8 Å². The molecule has 0 aliphatic carbocycles.